The van der Waals surface area contributed by atoms with Gasteiger partial charge in [0, 0.05) is 17.0 Å². The van der Waals surface area contributed by atoms with E-state index in [1.165, 1.54) is 12.3 Å². The second-order valence-electron chi connectivity index (χ2n) is 7.16. The van der Waals surface area contributed by atoms with Gasteiger partial charge in [0.05, 0.1) is 11.3 Å². The van der Waals surface area contributed by atoms with E-state index < -0.39 is 22.8 Å². The zero-order valence-corrected chi connectivity index (χ0v) is 13.5. The van der Waals surface area contributed by atoms with E-state index in [1.54, 1.807) is 20.8 Å². The normalized spacial score (nSPS) is 28.5. The number of nitriles is 1. The van der Waals surface area contributed by atoms with Crippen molar-refractivity contribution in [3.05, 3.63) is 34.9 Å². The van der Waals surface area contributed by atoms with Crippen LogP contribution >= 0.6 is 0 Å². The van der Waals surface area contributed by atoms with Crippen molar-refractivity contribution in [1.29, 1.82) is 5.26 Å². The minimum Gasteiger partial charge on any atom is -0.293 e. The Morgan fingerprint density at radius 1 is 1.33 bits per heavy atom. The van der Waals surface area contributed by atoms with Crippen LogP contribution in [-0.4, -0.2) is 15.8 Å². The summed E-state index contributed by atoms with van der Waals surface area (Å²) in [5, 5.41) is 9.28. The Labute approximate surface area is 137 Å². The summed E-state index contributed by atoms with van der Waals surface area (Å²) in [6.07, 6.45) is -0.779. The lowest BCUT2D eigenvalue weighted by atomic mass is 9.52. The Balaban J connectivity index is 2.27. The lowest BCUT2D eigenvalue weighted by Crippen LogP contribution is -2.51. The number of ketones is 1. The molecule has 0 fully saturated rings. The third-order valence-electron chi connectivity index (χ3n) is 5.32. The number of hydrogen-bond donors (Lipinski definition) is 0. The van der Waals surface area contributed by atoms with Gasteiger partial charge in [-0.2, -0.15) is 18.4 Å². The van der Waals surface area contributed by atoms with Gasteiger partial charge in [-0.15, -0.1) is 0 Å². The minimum atomic E-state index is -4.64. The van der Waals surface area contributed by atoms with Crippen LogP contribution < -0.4 is 0 Å². The van der Waals surface area contributed by atoms with Crippen molar-refractivity contribution >= 4 is 5.78 Å². The summed E-state index contributed by atoms with van der Waals surface area (Å²) in [7, 11) is 0. The number of allylic oxidation sites excluding steroid dienone is 2. The molecule has 7 heteroatoms. The summed E-state index contributed by atoms with van der Waals surface area (Å²) in [6, 6.07) is 1.89. The summed E-state index contributed by atoms with van der Waals surface area (Å²) in [6.45, 7) is 5.26. The molecule has 2 aliphatic rings. The third-order valence-corrected chi connectivity index (χ3v) is 5.32. The van der Waals surface area contributed by atoms with Crippen LogP contribution in [0.1, 0.15) is 44.3 Å². The van der Waals surface area contributed by atoms with Crippen LogP contribution in [0.2, 0.25) is 0 Å². The van der Waals surface area contributed by atoms with Crippen molar-refractivity contribution in [3.63, 3.8) is 0 Å². The van der Waals surface area contributed by atoms with Crippen LogP contribution in [0, 0.1) is 22.7 Å². The summed E-state index contributed by atoms with van der Waals surface area (Å²) in [5.74, 6) is -1.68. The average molecular weight is 335 g/mol. The van der Waals surface area contributed by atoms with Crippen molar-refractivity contribution in [2.24, 2.45) is 11.3 Å². The van der Waals surface area contributed by atoms with Crippen molar-refractivity contribution in [3.8, 4) is 6.07 Å². The summed E-state index contributed by atoms with van der Waals surface area (Å²) < 4.78 is 39.1. The fourth-order valence-electron chi connectivity index (χ4n) is 4.19. The van der Waals surface area contributed by atoms with Gasteiger partial charge in [0.15, 0.2) is 5.78 Å². The molecule has 4 nitrogen and oxygen atoms in total. The number of fused-ring (bicyclic) bond motifs is 3. The first-order valence-electron chi connectivity index (χ1n) is 7.63. The average Bonchev–Trinajstić information content (AvgIpc) is 2.50. The van der Waals surface area contributed by atoms with E-state index in [4.69, 9.17) is 0 Å². The fraction of sp³-hybridized carbons (Fsp3) is 0.529. The molecular formula is C17H16F3N3O. The van der Waals surface area contributed by atoms with E-state index in [0.29, 0.717) is 18.4 Å². The molecule has 24 heavy (non-hydrogen) atoms. The Hall–Kier alpha value is -2.23. The van der Waals surface area contributed by atoms with Gasteiger partial charge in [0.2, 0.25) is 5.82 Å². The predicted octanol–water partition coefficient (Wildman–Crippen LogP) is 3.37. The molecule has 0 aliphatic heterocycles. The molecule has 1 unspecified atom stereocenters. The van der Waals surface area contributed by atoms with Gasteiger partial charge in [-0.05, 0) is 24.3 Å². The molecule has 0 radical (unpaired) electrons. The molecule has 3 rings (SSSR count). The lowest BCUT2D eigenvalue weighted by molar-refractivity contribution is -0.145. The second-order valence-corrected chi connectivity index (χ2v) is 7.16. The van der Waals surface area contributed by atoms with E-state index in [0.717, 1.165) is 0 Å². The largest absolute Gasteiger partial charge is 0.451 e. The summed E-state index contributed by atoms with van der Waals surface area (Å²) in [5.41, 5.74) is -0.845. The molecule has 0 saturated heterocycles. The van der Waals surface area contributed by atoms with E-state index in [2.05, 4.69) is 9.97 Å². The number of carbonyl (C=O) groups excluding carboxylic acids is 1. The van der Waals surface area contributed by atoms with Gasteiger partial charge in [0.25, 0.3) is 0 Å². The van der Waals surface area contributed by atoms with E-state index in [-0.39, 0.29) is 23.0 Å². The SMILES string of the molecule is CC1(C)C(=O)C(C#N)=C[C@]2(C)c3nc(C(F)(F)F)ncc3CCC12. The molecule has 0 amide bonds. The molecule has 0 saturated carbocycles. The maximum absolute atomic E-state index is 13.0. The Morgan fingerprint density at radius 2 is 2.00 bits per heavy atom. The monoisotopic (exact) mass is 335 g/mol. The maximum Gasteiger partial charge on any atom is 0.451 e. The highest BCUT2D eigenvalue weighted by Gasteiger charge is 2.55. The molecule has 2 aliphatic carbocycles. The number of carbonyl (C=O) groups is 1. The number of halogens is 3. The van der Waals surface area contributed by atoms with Crippen molar-refractivity contribution in [2.45, 2.75) is 45.2 Å². The van der Waals surface area contributed by atoms with E-state index in [1.807, 2.05) is 6.07 Å². The van der Waals surface area contributed by atoms with Crippen molar-refractivity contribution < 1.29 is 18.0 Å². The van der Waals surface area contributed by atoms with E-state index in [9.17, 15) is 23.2 Å². The zero-order valence-electron chi connectivity index (χ0n) is 13.5. The Bertz CT molecular complexity index is 804. The summed E-state index contributed by atoms with van der Waals surface area (Å²) >= 11 is 0. The number of aryl methyl sites for hydroxylation is 1. The van der Waals surface area contributed by atoms with Gasteiger partial charge in [0.1, 0.15) is 6.07 Å². The molecule has 0 aromatic carbocycles. The van der Waals surface area contributed by atoms with Gasteiger partial charge < -0.3 is 0 Å². The number of aromatic nitrogens is 2. The maximum atomic E-state index is 13.0. The number of Topliss-reactive ketones (excluding diaryl/α,β-unsaturated/α-hetero) is 1. The van der Waals surface area contributed by atoms with Gasteiger partial charge >= 0.3 is 6.18 Å². The zero-order chi connectivity index (χ0) is 17.9. The number of rotatable bonds is 0. The highest BCUT2D eigenvalue weighted by molar-refractivity contribution is 6.04. The van der Waals surface area contributed by atoms with Crippen LogP contribution in [0.25, 0.3) is 0 Å². The quantitative estimate of drug-likeness (QED) is 0.729. The third kappa shape index (κ3) is 2.16. The van der Waals surface area contributed by atoms with Crippen LogP contribution in [0.4, 0.5) is 13.2 Å². The smallest absolute Gasteiger partial charge is 0.293 e. The van der Waals surface area contributed by atoms with Crippen molar-refractivity contribution in [2.75, 3.05) is 0 Å². The minimum absolute atomic E-state index is 0.0150. The lowest BCUT2D eigenvalue weighted by Gasteiger charge is -2.50. The molecule has 1 aromatic rings. The summed E-state index contributed by atoms with van der Waals surface area (Å²) in [4.78, 5) is 19.7. The fourth-order valence-corrected chi connectivity index (χ4v) is 4.19. The Kier molecular flexibility index (Phi) is 3.38. The van der Waals surface area contributed by atoms with Crippen LogP contribution in [0.15, 0.2) is 17.8 Å². The highest BCUT2D eigenvalue weighted by atomic mass is 19.4. The molecule has 1 heterocycles. The first-order chi connectivity index (χ1) is 11.0. The first-order valence-corrected chi connectivity index (χ1v) is 7.63. The molecule has 0 N–H and O–H groups in total. The molecule has 2 atom stereocenters. The van der Waals surface area contributed by atoms with Gasteiger partial charge in [-0.3, -0.25) is 4.79 Å². The standard InChI is InChI=1S/C17H16F3N3O/c1-15(2)11-5-4-9-8-22-14(17(18,19)20)23-12(9)16(11,3)6-10(7-21)13(15)24/h6,8,11H,4-5H2,1-3H3/t11?,16-/m0/s1. The second kappa shape index (κ2) is 4.88. The van der Waals surface area contributed by atoms with E-state index >= 15 is 0 Å². The molecule has 0 bridgehead atoms. The topological polar surface area (TPSA) is 66.6 Å². The molecule has 1 aromatic heterocycles. The van der Waals surface area contributed by atoms with Crippen LogP contribution in [-0.2, 0) is 22.8 Å². The van der Waals surface area contributed by atoms with Gasteiger partial charge in [-0.1, -0.05) is 26.8 Å². The molecular weight excluding hydrogens is 319 g/mol. The molecule has 0 spiro atoms. The number of alkyl halides is 3. The van der Waals surface area contributed by atoms with Crippen molar-refractivity contribution in [1.82, 2.24) is 9.97 Å². The number of nitrogens with zero attached hydrogens (tertiary/aromatic N) is 3. The highest BCUT2D eigenvalue weighted by Crippen LogP contribution is 2.54. The van der Waals surface area contributed by atoms with Crippen LogP contribution in [0.5, 0.6) is 0 Å². The first kappa shape index (κ1) is 16.6. The Morgan fingerprint density at radius 3 is 2.58 bits per heavy atom. The number of hydrogen-bond acceptors (Lipinski definition) is 4. The predicted molar refractivity (Wildman–Crippen MR) is 78.7 cm³/mol. The molecule has 126 valence electrons. The van der Waals surface area contributed by atoms with Crippen LogP contribution in [0.3, 0.4) is 0 Å². The van der Waals surface area contributed by atoms with Gasteiger partial charge in [-0.25, -0.2) is 9.97 Å².